The summed E-state index contributed by atoms with van der Waals surface area (Å²) in [6.07, 6.45) is 0.779. The number of carbonyl (C=O) groups excluding carboxylic acids is 3. The Morgan fingerprint density at radius 1 is 1.00 bits per heavy atom. The van der Waals surface area contributed by atoms with E-state index in [0.717, 1.165) is 17.5 Å². The SMILES string of the molecule is CCC(C)(C)NC(=O)c1ccc2c(c1)C(=O)N(c1cc(C)ccc1C)C2=O. The van der Waals surface area contributed by atoms with Gasteiger partial charge in [0.1, 0.15) is 0 Å². The van der Waals surface area contributed by atoms with Gasteiger partial charge in [0.15, 0.2) is 0 Å². The van der Waals surface area contributed by atoms with Gasteiger partial charge in [-0.15, -0.1) is 0 Å². The predicted octanol–water partition coefficient (Wildman–Crippen LogP) is 4.02. The summed E-state index contributed by atoms with van der Waals surface area (Å²) >= 11 is 0. The Labute approximate surface area is 159 Å². The van der Waals surface area contributed by atoms with Crippen molar-refractivity contribution in [3.05, 3.63) is 64.2 Å². The molecular weight excluding hydrogens is 340 g/mol. The van der Waals surface area contributed by atoms with E-state index in [1.54, 1.807) is 12.1 Å². The van der Waals surface area contributed by atoms with Crippen molar-refractivity contribution >= 4 is 23.4 Å². The normalized spacial score (nSPS) is 13.7. The lowest BCUT2D eigenvalue weighted by Crippen LogP contribution is -2.42. The number of hydrogen-bond acceptors (Lipinski definition) is 3. The van der Waals surface area contributed by atoms with Crippen LogP contribution in [0.3, 0.4) is 0 Å². The number of rotatable bonds is 4. The standard InChI is InChI=1S/C22H24N2O3/c1-6-22(4,5)23-19(25)15-9-10-16-17(12-15)21(27)24(20(16)26)18-11-13(2)7-8-14(18)3/h7-12H,6H2,1-5H3,(H,23,25). The zero-order valence-corrected chi connectivity index (χ0v) is 16.3. The minimum atomic E-state index is -0.395. The summed E-state index contributed by atoms with van der Waals surface area (Å²) in [7, 11) is 0. The Kier molecular flexibility index (Phi) is 4.64. The second-order valence-electron chi connectivity index (χ2n) is 7.69. The van der Waals surface area contributed by atoms with E-state index in [1.807, 2.05) is 52.8 Å². The number of carbonyl (C=O) groups is 3. The average molecular weight is 364 g/mol. The van der Waals surface area contributed by atoms with Gasteiger partial charge in [0.05, 0.1) is 16.8 Å². The Hall–Kier alpha value is -2.95. The average Bonchev–Trinajstić information content (AvgIpc) is 2.87. The highest BCUT2D eigenvalue weighted by Gasteiger charge is 2.38. The van der Waals surface area contributed by atoms with Crippen LogP contribution in [0.15, 0.2) is 36.4 Å². The first-order chi connectivity index (χ1) is 12.6. The third-order valence-electron chi connectivity index (χ3n) is 5.09. The Balaban J connectivity index is 1.98. The molecule has 3 amide bonds. The molecule has 3 rings (SSSR count). The predicted molar refractivity (Wildman–Crippen MR) is 105 cm³/mol. The van der Waals surface area contributed by atoms with Crippen LogP contribution in [0.2, 0.25) is 0 Å². The van der Waals surface area contributed by atoms with Gasteiger partial charge in [0, 0.05) is 11.1 Å². The van der Waals surface area contributed by atoms with Crippen molar-refractivity contribution in [3.8, 4) is 0 Å². The van der Waals surface area contributed by atoms with Crippen LogP contribution in [0.25, 0.3) is 0 Å². The van der Waals surface area contributed by atoms with Crippen LogP contribution < -0.4 is 10.2 Å². The molecule has 1 heterocycles. The van der Waals surface area contributed by atoms with Gasteiger partial charge >= 0.3 is 0 Å². The lowest BCUT2D eigenvalue weighted by molar-refractivity contribution is 0.0906. The second-order valence-corrected chi connectivity index (χ2v) is 7.69. The van der Waals surface area contributed by atoms with Crippen LogP contribution in [0.5, 0.6) is 0 Å². The molecule has 0 bridgehead atoms. The highest BCUT2D eigenvalue weighted by atomic mass is 16.2. The molecule has 0 radical (unpaired) electrons. The number of benzene rings is 2. The molecule has 1 aliphatic rings. The third kappa shape index (κ3) is 3.37. The number of nitrogens with zero attached hydrogens (tertiary/aromatic N) is 1. The van der Waals surface area contributed by atoms with Gasteiger partial charge in [0.2, 0.25) is 0 Å². The molecule has 1 N–H and O–H groups in total. The molecule has 140 valence electrons. The van der Waals surface area contributed by atoms with Crippen molar-refractivity contribution in [1.82, 2.24) is 5.32 Å². The van der Waals surface area contributed by atoms with Gasteiger partial charge < -0.3 is 5.32 Å². The van der Waals surface area contributed by atoms with E-state index in [0.29, 0.717) is 16.8 Å². The van der Waals surface area contributed by atoms with Gasteiger partial charge in [-0.1, -0.05) is 19.1 Å². The first-order valence-corrected chi connectivity index (χ1v) is 9.07. The van der Waals surface area contributed by atoms with Crippen molar-refractivity contribution in [1.29, 1.82) is 0 Å². The zero-order chi connectivity index (χ0) is 19.9. The van der Waals surface area contributed by atoms with Gasteiger partial charge in [-0.25, -0.2) is 4.90 Å². The fourth-order valence-electron chi connectivity index (χ4n) is 3.03. The molecule has 2 aromatic rings. The number of amides is 3. The molecule has 0 saturated heterocycles. The molecule has 0 fully saturated rings. The quantitative estimate of drug-likeness (QED) is 0.833. The monoisotopic (exact) mass is 364 g/mol. The van der Waals surface area contributed by atoms with E-state index in [1.165, 1.54) is 11.0 Å². The third-order valence-corrected chi connectivity index (χ3v) is 5.09. The van der Waals surface area contributed by atoms with Crippen LogP contribution in [0.1, 0.15) is 69.4 Å². The molecule has 2 aromatic carbocycles. The molecule has 5 heteroatoms. The van der Waals surface area contributed by atoms with Crippen molar-refractivity contribution in [2.24, 2.45) is 0 Å². The van der Waals surface area contributed by atoms with Crippen molar-refractivity contribution < 1.29 is 14.4 Å². The largest absolute Gasteiger partial charge is 0.347 e. The summed E-state index contributed by atoms with van der Waals surface area (Å²) in [5.41, 5.74) is 3.01. The Morgan fingerprint density at radius 3 is 2.33 bits per heavy atom. The maximum atomic E-state index is 13.0. The van der Waals surface area contributed by atoms with E-state index in [4.69, 9.17) is 0 Å². The molecule has 0 unspecified atom stereocenters. The number of anilines is 1. The van der Waals surface area contributed by atoms with Gasteiger partial charge in [-0.3, -0.25) is 14.4 Å². The van der Waals surface area contributed by atoms with Crippen LogP contribution in [-0.2, 0) is 0 Å². The maximum Gasteiger partial charge on any atom is 0.266 e. The zero-order valence-electron chi connectivity index (χ0n) is 16.3. The fourth-order valence-corrected chi connectivity index (χ4v) is 3.03. The van der Waals surface area contributed by atoms with E-state index in [2.05, 4.69) is 5.32 Å². The molecule has 1 aliphatic heterocycles. The number of hydrogen-bond donors (Lipinski definition) is 1. The summed E-state index contributed by atoms with van der Waals surface area (Å²) in [6.45, 7) is 9.65. The van der Waals surface area contributed by atoms with Crippen LogP contribution in [0.4, 0.5) is 5.69 Å². The maximum absolute atomic E-state index is 13.0. The Morgan fingerprint density at radius 2 is 1.67 bits per heavy atom. The van der Waals surface area contributed by atoms with Crippen LogP contribution >= 0.6 is 0 Å². The molecule has 0 saturated carbocycles. The van der Waals surface area contributed by atoms with Crippen molar-refractivity contribution in [3.63, 3.8) is 0 Å². The van der Waals surface area contributed by atoms with Crippen molar-refractivity contribution in [2.75, 3.05) is 4.90 Å². The second kappa shape index (κ2) is 6.65. The summed E-state index contributed by atoms with van der Waals surface area (Å²) in [6, 6.07) is 10.3. The lowest BCUT2D eigenvalue weighted by Gasteiger charge is -2.24. The van der Waals surface area contributed by atoms with Crippen LogP contribution in [-0.4, -0.2) is 23.3 Å². The van der Waals surface area contributed by atoms with Crippen molar-refractivity contribution in [2.45, 2.75) is 46.6 Å². The van der Waals surface area contributed by atoms with Crippen LogP contribution in [0, 0.1) is 13.8 Å². The summed E-state index contributed by atoms with van der Waals surface area (Å²) in [5.74, 6) is -1.01. The molecule has 0 aliphatic carbocycles. The van der Waals surface area contributed by atoms with Gasteiger partial charge in [-0.2, -0.15) is 0 Å². The number of fused-ring (bicyclic) bond motifs is 1. The lowest BCUT2D eigenvalue weighted by atomic mass is 10.00. The number of imide groups is 1. The minimum Gasteiger partial charge on any atom is -0.347 e. The first kappa shape index (κ1) is 18.8. The highest BCUT2D eigenvalue weighted by Crippen LogP contribution is 2.31. The molecule has 0 spiro atoms. The molecule has 0 atom stereocenters. The van der Waals surface area contributed by atoms with E-state index in [-0.39, 0.29) is 22.9 Å². The minimum absolute atomic E-state index is 0.255. The summed E-state index contributed by atoms with van der Waals surface area (Å²) < 4.78 is 0. The number of aryl methyl sites for hydroxylation is 2. The topological polar surface area (TPSA) is 66.5 Å². The number of nitrogens with one attached hydrogen (secondary N) is 1. The van der Waals surface area contributed by atoms with Gasteiger partial charge in [-0.05, 0) is 69.5 Å². The smallest absolute Gasteiger partial charge is 0.266 e. The summed E-state index contributed by atoms with van der Waals surface area (Å²) in [4.78, 5) is 39.5. The fraction of sp³-hybridized carbons (Fsp3) is 0.318. The van der Waals surface area contributed by atoms with E-state index < -0.39 is 5.91 Å². The van der Waals surface area contributed by atoms with E-state index in [9.17, 15) is 14.4 Å². The Bertz CT molecular complexity index is 960. The first-order valence-electron chi connectivity index (χ1n) is 9.07. The summed E-state index contributed by atoms with van der Waals surface area (Å²) in [5, 5.41) is 2.95. The molecule has 5 nitrogen and oxygen atoms in total. The molecule has 0 aromatic heterocycles. The van der Waals surface area contributed by atoms with Gasteiger partial charge in [0.25, 0.3) is 17.7 Å². The van der Waals surface area contributed by atoms with E-state index >= 15 is 0 Å². The molecule has 27 heavy (non-hydrogen) atoms. The highest BCUT2D eigenvalue weighted by molar-refractivity contribution is 6.35. The molecular formula is C22H24N2O3.